The Morgan fingerprint density at radius 1 is 0.922 bits per heavy atom. The molecule has 0 aromatic carbocycles. The maximum atomic E-state index is 14.9. The Balaban J connectivity index is 1.92. The summed E-state index contributed by atoms with van der Waals surface area (Å²) in [5.41, 5.74) is -10.0. The Morgan fingerprint density at radius 3 is 2.12 bits per heavy atom. The molecule has 0 amide bonds. The Morgan fingerprint density at radius 2 is 1.53 bits per heavy atom. The molecule has 3 heterocycles. The van der Waals surface area contributed by atoms with E-state index in [4.69, 9.17) is 33.2 Å². The molecule has 0 radical (unpaired) electrons. The zero-order chi connectivity index (χ0) is 38.0. The molecule has 1 aromatic rings. The second-order valence-electron chi connectivity index (χ2n) is 14.0. The first-order valence-corrected chi connectivity index (χ1v) is 16.3. The predicted octanol–water partition coefficient (Wildman–Crippen LogP) is 0.100. The van der Waals surface area contributed by atoms with E-state index in [1.807, 2.05) is 0 Å². The fourth-order valence-corrected chi connectivity index (χ4v) is 8.41. The molecule has 1 aromatic heterocycles. The van der Waals surface area contributed by atoms with Gasteiger partial charge in [0.05, 0.1) is 23.1 Å². The van der Waals surface area contributed by atoms with Crippen LogP contribution in [-0.4, -0.2) is 117 Å². The van der Waals surface area contributed by atoms with E-state index < -0.39 is 125 Å². The first-order chi connectivity index (χ1) is 23.7. The van der Waals surface area contributed by atoms with Crippen LogP contribution in [0.4, 0.5) is 0 Å². The van der Waals surface area contributed by atoms with Gasteiger partial charge in [-0.25, -0.2) is 4.79 Å². The van der Waals surface area contributed by atoms with Crippen LogP contribution < -0.4 is 0 Å². The molecule has 2 N–H and O–H groups in total. The minimum Gasteiger partial charge on any atom is -0.465 e. The molecule has 5 rings (SSSR count). The summed E-state index contributed by atoms with van der Waals surface area (Å²) in [4.78, 5) is 97.7. The number of esters is 6. The van der Waals surface area contributed by atoms with Crippen molar-refractivity contribution in [2.24, 2.45) is 17.3 Å². The van der Waals surface area contributed by atoms with E-state index in [-0.39, 0.29) is 11.3 Å². The highest BCUT2D eigenvalue weighted by atomic mass is 16.7. The standard InChI is InChI=1S/C34H41NO16/c1-14-15(2)29(42)50-26-24(41)28(49-19(6)39)33(13-45-16(3)36)27(48-18(5)38)23(40)21-25(47-17(4)37)34(33,32(26,8)44)51-31(21,7)12-46-30(43)20-10-9-11-35-22(14)20/h9-11,14-15,21,24-28,41,44H,12-13H2,1-8H3/t14-,15+,21+,24+,25-,26+,27-,28+,31-,32+,33-,34+/m1/s1. The van der Waals surface area contributed by atoms with Gasteiger partial charge in [-0.2, -0.15) is 0 Å². The molecule has 4 bridgehead atoms. The van der Waals surface area contributed by atoms with E-state index >= 15 is 0 Å². The topological polar surface area (TPSA) is 237 Å². The summed E-state index contributed by atoms with van der Waals surface area (Å²) in [6, 6.07) is 2.89. The van der Waals surface area contributed by atoms with Crippen LogP contribution in [0, 0.1) is 17.3 Å². The molecule has 0 unspecified atom stereocenters. The van der Waals surface area contributed by atoms with Gasteiger partial charge in [0.25, 0.3) is 0 Å². The summed E-state index contributed by atoms with van der Waals surface area (Å²) in [5.74, 6) is -10.7. The first kappa shape index (κ1) is 37.8. The third-order valence-electron chi connectivity index (χ3n) is 10.6. The van der Waals surface area contributed by atoms with E-state index in [2.05, 4.69) is 4.98 Å². The summed E-state index contributed by atoms with van der Waals surface area (Å²) in [5, 5.41) is 25.0. The van der Waals surface area contributed by atoms with Gasteiger partial charge in [-0.05, 0) is 26.0 Å². The number of hydrogen-bond donors (Lipinski definition) is 2. The van der Waals surface area contributed by atoms with Crippen LogP contribution in [0.3, 0.4) is 0 Å². The third-order valence-corrected chi connectivity index (χ3v) is 10.6. The minimum atomic E-state index is -2.78. The maximum absolute atomic E-state index is 14.9. The van der Waals surface area contributed by atoms with Gasteiger partial charge < -0.3 is 43.4 Å². The van der Waals surface area contributed by atoms with Crippen molar-refractivity contribution in [1.29, 1.82) is 0 Å². The van der Waals surface area contributed by atoms with Crippen molar-refractivity contribution in [3.8, 4) is 0 Å². The highest BCUT2D eigenvalue weighted by molar-refractivity contribution is 5.94. The number of hydrogen-bond acceptors (Lipinski definition) is 17. The number of ketones is 1. The van der Waals surface area contributed by atoms with Crippen LogP contribution >= 0.6 is 0 Å². The Bertz CT molecular complexity index is 1670. The second-order valence-corrected chi connectivity index (χ2v) is 14.0. The third kappa shape index (κ3) is 5.56. The van der Waals surface area contributed by atoms with Gasteiger partial charge >= 0.3 is 35.8 Å². The number of pyridine rings is 1. The zero-order valence-corrected chi connectivity index (χ0v) is 29.3. The number of aliphatic hydroxyl groups excluding tert-OH is 1. The molecular formula is C34H41NO16. The van der Waals surface area contributed by atoms with Crippen LogP contribution in [-0.2, 0) is 61.9 Å². The maximum Gasteiger partial charge on any atom is 0.340 e. The number of nitrogens with zero attached hydrogens (tertiary/aromatic N) is 1. The van der Waals surface area contributed by atoms with Crippen molar-refractivity contribution in [2.45, 2.75) is 109 Å². The summed E-state index contributed by atoms with van der Waals surface area (Å²) < 4.78 is 40.9. The van der Waals surface area contributed by atoms with Gasteiger partial charge in [-0.3, -0.25) is 33.8 Å². The van der Waals surface area contributed by atoms with Gasteiger partial charge in [-0.15, -0.1) is 0 Å². The van der Waals surface area contributed by atoms with Crippen molar-refractivity contribution in [2.75, 3.05) is 13.2 Å². The lowest BCUT2D eigenvalue weighted by Crippen LogP contribution is -2.88. The lowest BCUT2D eigenvalue weighted by molar-refractivity contribution is -0.376. The number of aromatic nitrogens is 1. The molecule has 2 saturated carbocycles. The molecule has 51 heavy (non-hydrogen) atoms. The second kappa shape index (κ2) is 12.9. The highest BCUT2D eigenvalue weighted by Gasteiger charge is 2.91. The van der Waals surface area contributed by atoms with Gasteiger partial charge in [-0.1, -0.05) is 13.8 Å². The number of rotatable bonds is 5. The Hall–Kier alpha value is -4.48. The number of fused-ring (bicyclic) bond motifs is 5. The molecule has 2 aliphatic heterocycles. The van der Waals surface area contributed by atoms with Crippen molar-refractivity contribution < 1.29 is 76.9 Å². The highest BCUT2D eigenvalue weighted by Crippen LogP contribution is 2.68. The van der Waals surface area contributed by atoms with Crippen molar-refractivity contribution in [3.05, 3.63) is 29.6 Å². The number of carbonyl (C=O) groups is 7. The van der Waals surface area contributed by atoms with E-state index in [1.165, 1.54) is 32.2 Å². The molecule has 3 fully saturated rings. The number of Topliss-reactive ketones (excluding diaryl/α,β-unsaturated/α-hetero) is 1. The largest absolute Gasteiger partial charge is 0.465 e. The summed E-state index contributed by atoms with van der Waals surface area (Å²) in [6.45, 7) is 7.50. The number of carbonyl (C=O) groups excluding carboxylic acids is 7. The predicted molar refractivity (Wildman–Crippen MR) is 165 cm³/mol. The van der Waals surface area contributed by atoms with E-state index in [9.17, 15) is 43.8 Å². The molecule has 1 saturated heterocycles. The van der Waals surface area contributed by atoms with Crippen LogP contribution in [0.2, 0.25) is 0 Å². The van der Waals surface area contributed by atoms with E-state index in [0.29, 0.717) is 0 Å². The van der Waals surface area contributed by atoms with Crippen molar-refractivity contribution in [1.82, 2.24) is 4.98 Å². The molecule has 17 nitrogen and oxygen atoms in total. The number of cyclic esters (lactones) is 1. The van der Waals surface area contributed by atoms with Crippen molar-refractivity contribution >= 4 is 41.6 Å². The molecule has 1 spiro atoms. The molecule has 17 heteroatoms. The van der Waals surface area contributed by atoms with Crippen LogP contribution in [0.1, 0.15) is 77.4 Å². The van der Waals surface area contributed by atoms with Crippen LogP contribution in [0.15, 0.2) is 18.3 Å². The summed E-state index contributed by atoms with van der Waals surface area (Å²) in [7, 11) is 0. The SMILES string of the molecule is CC(=O)OC[C@]12[C@H](OC(C)=O)C(=O)[C@H]3[C@@H](OC(C)=O)[C@@]14O[C@]3(C)COC(=O)c1cccnc1[C@H](C)[C@H](C)C(=O)O[C@@H]([C@H](O)[C@@H]2OC(C)=O)[C@]4(C)O. The van der Waals surface area contributed by atoms with Gasteiger partial charge in [0.15, 0.2) is 23.6 Å². The van der Waals surface area contributed by atoms with E-state index in [0.717, 1.165) is 34.6 Å². The quantitative estimate of drug-likeness (QED) is 0.303. The average Bonchev–Trinajstić information content (AvgIpc) is 3.27. The monoisotopic (exact) mass is 719 g/mol. The van der Waals surface area contributed by atoms with Crippen molar-refractivity contribution in [3.63, 3.8) is 0 Å². The van der Waals surface area contributed by atoms with Gasteiger partial charge in [0.2, 0.25) is 0 Å². The summed E-state index contributed by atoms with van der Waals surface area (Å²) in [6.07, 6.45) is -9.12. The van der Waals surface area contributed by atoms with Crippen LogP contribution in [0.25, 0.3) is 0 Å². The van der Waals surface area contributed by atoms with E-state index in [1.54, 1.807) is 6.92 Å². The fourth-order valence-electron chi connectivity index (χ4n) is 8.41. The Kier molecular flexibility index (Phi) is 9.58. The lowest BCUT2D eigenvalue weighted by Gasteiger charge is -2.66. The summed E-state index contributed by atoms with van der Waals surface area (Å²) >= 11 is 0. The van der Waals surface area contributed by atoms with Gasteiger partial charge in [0, 0.05) is 39.8 Å². The normalized spacial score (nSPS) is 40.2. The molecule has 4 aliphatic rings. The molecule has 12 atom stereocenters. The number of aliphatic hydroxyl groups is 2. The minimum absolute atomic E-state index is 0.0311. The number of ether oxygens (including phenoxy) is 7. The smallest absolute Gasteiger partial charge is 0.340 e. The molecule has 2 aliphatic carbocycles. The van der Waals surface area contributed by atoms with Gasteiger partial charge in [0.1, 0.15) is 48.1 Å². The first-order valence-electron chi connectivity index (χ1n) is 16.3. The zero-order valence-electron chi connectivity index (χ0n) is 29.3. The Labute approximate surface area is 292 Å². The average molecular weight is 720 g/mol. The lowest BCUT2D eigenvalue weighted by atomic mass is 9.45. The fraction of sp³-hybridized carbons (Fsp3) is 0.647. The molecule has 278 valence electrons. The van der Waals surface area contributed by atoms with Crippen LogP contribution in [0.5, 0.6) is 0 Å². The molecular weight excluding hydrogens is 678 g/mol.